The summed E-state index contributed by atoms with van der Waals surface area (Å²) in [4.78, 5) is 30.6. The van der Waals surface area contributed by atoms with Gasteiger partial charge in [0.25, 0.3) is 0 Å². The van der Waals surface area contributed by atoms with E-state index in [2.05, 4.69) is 4.98 Å². The predicted octanol–water partition coefficient (Wildman–Crippen LogP) is 4.64. The number of halogens is 1. The molecule has 0 saturated heterocycles. The van der Waals surface area contributed by atoms with Crippen molar-refractivity contribution in [3.05, 3.63) is 111 Å². The van der Waals surface area contributed by atoms with E-state index < -0.39 is 0 Å². The van der Waals surface area contributed by atoms with Crippen molar-refractivity contribution in [2.24, 2.45) is 0 Å². The molecule has 138 valence electrons. The Kier molecular flexibility index (Phi) is 4.80. The molecular formula is C23H17ClN2O2. The quantitative estimate of drug-likeness (QED) is 0.478. The fraction of sp³-hybridized carbons (Fsp3) is 0.0870. The first-order valence-electron chi connectivity index (χ1n) is 8.88. The number of carbonyl (C=O) groups is 1. The van der Waals surface area contributed by atoms with E-state index in [4.69, 9.17) is 11.6 Å². The van der Waals surface area contributed by atoms with Crippen LogP contribution in [0.3, 0.4) is 0 Å². The summed E-state index contributed by atoms with van der Waals surface area (Å²) in [5, 5.41) is 0.970. The zero-order valence-electron chi connectivity index (χ0n) is 15.2. The Balaban J connectivity index is 1.91. The number of fused-ring (bicyclic) bond motifs is 1. The van der Waals surface area contributed by atoms with Crippen LogP contribution in [0.1, 0.15) is 27.2 Å². The number of nitrogens with zero attached hydrogens (tertiary/aromatic N) is 2. The van der Waals surface area contributed by atoms with Crippen molar-refractivity contribution in [1.82, 2.24) is 9.55 Å². The van der Waals surface area contributed by atoms with Crippen molar-refractivity contribution < 1.29 is 4.79 Å². The Morgan fingerprint density at radius 1 is 1.00 bits per heavy atom. The van der Waals surface area contributed by atoms with Gasteiger partial charge in [0, 0.05) is 29.0 Å². The van der Waals surface area contributed by atoms with Gasteiger partial charge in [-0.3, -0.25) is 9.59 Å². The number of rotatable bonds is 4. The lowest BCUT2D eigenvalue weighted by Crippen LogP contribution is -2.21. The van der Waals surface area contributed by atoms with Gasteiger partial charge in [0.1, 0.15) is 5.65 Å². The van der Waals surface area contributed by atoms with E-state index in [1.54, 1.807) is 42.6 Å². The van der Waals surface area contributed by atoms with Gasteiger partial charge in [0.15, 0.2) is 5.78 Å². The highest BCUT2D eigenvalue weighted by Gasteiger charge is 2.18. The van der Waals surface area contributed by atoms with Crippen LogP contribution in [-0.2, 0) is 6.54 Å². The molecule has 0 aliphatic rings. The molecule has 0 saturated carbocycles. The summed E-state index contributed by atoms with van der Waals surface area (Å²) in [6.45, 7) is 2.39. The molecule has 4 rings (SSSR count). The van der Waals surface area contributed by atoms with Gasteiger partial charge in [-0.05, 0) is 48.9 Å². The first-order valence-corrected chi connectivity index (χ1v) is 9.26. The molecule has 0 radical (unpaired) electrons. The summed E-state index contributed by atoms with van der Waals surface area (Å²) >= 11 is 5.92. The third-order valence-corrected chi connectivity index (χ3v) is 4.86. The third kappa shape index (κ3) is 3.47. The fourth-order valence-electron chi connectivity index (χ4n) is 3.18. The minimum absolute atomic E-state index is 0.122. The molecule has 2 heterocycles. The highest BCUT2D eigenvalue weighted by atomic mass is 35.5. The van der Waals surface area contributed by atoms with Crippen LogP contribution >= 0.6 is 11.6 Å². The topological polar surface area (TPSA) is 52.0 Å². The Labute approximate surface area is 167 Å². The summed E-state index contributed by atoms with van der Waals surface area (Å²) < 4.78 is 1.86. The maximum absolute atomic E-state index is 13.0. The van der Waals surface area contributed by atoms with Gasteiger partial charge in [-0.1, -0.05) is 41.9 Å². The lowest BCUT2D eigenvalue weighted by atomic mass is 10.0. The molecule has 0 unspecified atom stereocenters. The van der Waals surface area contributed by atoms with Gasteiger partial charge in [-0.25, -0.2) is 4.98 Å². The van der Waals surface area contributed by atoms with Crippen LogP contribution in [0.25, 0.3) is 11.0 Å². The number of carbonyl (C=O) groups excluding carboxylic acids is 1. The van der Waals surface area contributed by atoms with Crippen LogP contribution in [0, 0.1) is 6.92 Å². The lowest BCUT2D eigenvalue weighted by molar-refractivity contribution is 0.103. The van der Waals surface area contributed by atoms with Crippen LogP contribution < -0.4 is 5.43 Å². The first kappa shape index (κ1) is 18.1. The van der Waals surface area contributed by atoms with Crippen molar-refractivity contribution in [3.63, 3.8) is 0 Å². The molecule has 0 N–H and O–H groups in total. The number of pyridine rings is 2. The van der Waals surface area contributed by atoms with Crippen LogP contribution in [0.5, 0.6) is 0 Å². The normalized spacial score (nSPS) is 10.9. The van der Waals surface area contributed by atoms with E-state index in [9.17, 15) is 9.59 Å². The molecule has 2 aromatic carbocycles. The molecule has 4 nitrogen and oxygen atoms in total. The largest absolute Gasteiger partial charge is 0.327 e. The molecule has 0 amide bonds. The van der Waals surface area contributed by atoms with Crippen molar-refractivity contribution in [3.8, 4) is 0 Å². The van der Waals surface area contributed by atoms with E-state index in [1.165, 1.54) is 0 Å². The fourth-order valence-corrected chi connectivity index (χ4v) is 3.31. The monoisotopic (exact) mass is 388 g/mol. The second-order valence-electron chi connectivity index (χ2n) is 6.65. The smallest absolute Gasteiger partial charge is 0.202 e. The van der Waals surface area contributed by atoms with Crippen LogP contribution in [0.4, 0.5) is 0 Å². The Hall–Kier alpha value is -3.24. The van der Waals surface area contributed by atoms with Gasteiger partial charge in [-0.15, -0.1) is 0 Å². The number of hydrogen-bond donors (Lipinski definition) is 0. The Morgan fingerprint density at radius 3 is 2.43 bits per heavy atom. The molecule has 5 heteroatoms. The molecule has 0 aliphatic heterocycles. The summed E-state index contributed by atoms with van der Waals surface area (Å²) in [7, 11) is 0. The van der Waals surface area contributed by atoms with Crippen LogP contribution in [0.2, 0.25) is 5.02 Å². The lowest BCUT2D eigenvalue weighted by Gasteiger charge is -2.13. The van der Waals surface area contributed by atoms with Crippen molar-refractivity contribution in [2.45, 2.75) is 13.5 Å². The van der Waals surface area contributed by atoms with Crippen molar-refractivity contribution in [1.29, 1.82) is 0 Å². The highest BCUT2D eigenvalue weighted by molar-refractivity contribution is 6.30. The summed E-state index contributed by atoms with van der Waals surface area (Å²) in [5.74, 6) is -0.328. The van der Waals surface area contributed by atoms with Crippen LogP contribution in [-0.4, -0.2) is 15.3 Å². The highest BCUT2D eigenvalue weighted by Crippen LogP contribution is 2.17. The molecule has 0 bridgehead atoms. The minimum atomic E-state index is -0.328. The van der Waals surface area contributed by atoms with E-state index in [1.807, 2.05) is 41.8 Å². The number of benzene rings is 2. The average Bonchev–Trinajstić information content (AvgIpc) is 2.71. The van der Waals surface area contributed by atoms with Gasteiger partial charge < -0.3 is 4.57 Å². The summed E-state index contributed by atoms with van der Waals surface area (Å²) in [6.07, 6.45) is 1.61. The average molecular weight is 389 g/mol. The molecule has 4 aromatic rings. The molecule has 2 aromatic heterocycles. The van der Waals surface area contributed by atoms with Gasteiger partial charge >= 0.3 is 0 Å². The third-order valence-electron chi connectivity index (χ3n) is 4.61. The van der Waals surface area contributed by atoms with Gasteiger partial charge in [0.05, 0.1) is 10.9 Å². The first-order chi connectivity index (χ1) is 13.5. The summed E-state index contributed by atoms with van der Waals surface area (Å²) in [5.41, 5.74) is 2.67. The molecule has 0 fully saturated rings. The molecule has 0 aliphatic carbocycles. The van der Waals surface area contributed by atoms with Gasteiger partial charge in [0.2, 0.25) is 5.43 Å². The molecule has 0 spiro atoms. The minimum Gasteiger partial charge on any atom is -0.327 e. The maximum Gasteiger partial charge on any atom is 0.202 e. The Bertz CT molecular complexity index is 1230. The molecule has 28 heavy (non-hydrogen) atoms. The van der Waals surface area contributed by atoms with Crippen molar-refractivity contribution >= 4 is 28.4 Å². The zero-order valence-corrected chi connectivity index (χ0v) is 16.0. The standard InChI is InChI=1S/C23H17ClN2O2/c1-15-7-12-19-22(28)20(21(27)17-8-10-18(24)11-9-17)14-26(23(19)25-15)13-16-5-3-2-4-6-16/h2-12,14H,13H2,1H3. The number of aromatic nitrogens is 2. The van der Waals surface area contributed by atoms with Crippen molar-refractivity contribution in [2.75, 3.05) is 0 Å². The van der Waals surface area contributed by atoms with E-state index >= 15 is 0 Å². The number of aryl methyl sites for hydroxylation is 1. The number of hydrogen-bond acceptors (Lipinski definition) is 3. The van der Waals surface area contributed by atoms with E-state index in [-0.39, 0.29) is 16.8 Å². The Morgan fingerprint density at radius 2 is 1.71 bits per heavy atom. The SMILES string of the molecule is Cc1ccc2c(=O)c(C(=O)c3ccc(Cl)cc3)cn(Cc3ccccc3)c2n1. The van der Waals surface area contributed by atoms with E-state index in [0.717, 1.165) is 11.3 Å². The predicted molar refractivity (Wildman–Crippen MR) is 111 cm³/mol. The van der Waals surface area contributed by atoms with E-state index in [0.29, 0.717) is 28.2 Å². The second kappa shape index (κ2) is 7.41. The second-order valence-corrected chi connectivity index (χ2v) is 7.08. The van der Waals surface area contributed by atoms with Gasteiger partial charge in [-0.2, -0.15) is 0 Å². The molecule has 0 atom stereocenters. The zero-order chi connectivity index (χ0) is 19.7. The maximum atomic E-state index is 13.0. The van der Waals surface area contributed by atoms with Crippen LogP contribution in [0.15, 0.2) is 77.7 Å². The molecular weight excluding hydrogens is 372 g/mol. The summed E-state index contributed by atoms with van der Waals surface area (Å²) in [6, 6.07) is 19.9. The number of ketones is 1.